The molecule has 57 heavy (non-hydrogen) atoms. The van der Waals surface area contributed by atoms with Crippen LogP contribution in [0.3, 0.4) is 0 Å². The molecule has 1 heterocycles. The second-order valence-corrected chi connectivity index (χ2v) is 14.9. The third-order valence-electron chi connectivity index (χ3n) is 11.6. The lowest BCUT2D eigenvalue weighted by molar-refractivity contribution is 1.18. The predicted octanol–water partition coefficient (Wildman–Crippen LogP) is 14.8. The van der Waals surface area contributed by atoms with Gasteiger partial charge in [-0.2, -0.15) is 0 Å². The Hall–Kier alpha value is -7.42. The van der Waals surface area contributed by atoms with Crippen LogP contribution in [0.15, 0.2) is 218 Å². The van der Waals surface area contributed by atoms with Gasteiger partial charge in [-0.25, -0.2) is 0 Å². The first-order valence-corrected chi connectivity index (χ1v) is 19.7. The Balaban J connectivity index is 0.936. The van der Waals surface area contributed by atoms with E-state index in [-0.39, 0.29) is 0 Å². The lowest BCUT2D eigenvalue weighted by Gasteiger charge is -2.26. The maximum absolute atomic E-state index is 2.41. The van der Waals surface area contributed by atoms with Crippen LogP contribution in [-0.4, -0.2) is 4.57 Å². The van der Waals surface area contributed by atoms with Crippen molar-refractivity contribution < 1.29 is 0 Å². The summed E-state index contributed by atoms with van der Waals surface area (Å²) in [6.45, 7) is 0. The third kappa shape index (κ3) is 5.73. The van der Waals surface area contributed by atoms with Gasteiger partial charge >= 0.3 is 0 Å². The molecule has 0 amide bonds. The van der Waals surface area contributed by atoms with Gasteiger partial charge in [0.05, 0.1) is 16.7 Å². The molecular weight excluding hydrogens is 689 g/mol. The number of hydrogen-bond donors (Lipinski definition) is 0. The van der Waals surface area contributed by atoms with Gasteiger partial charge < -0.3 is 9.47 Å². The number of fused-ring (bicyclic) bond motifs is 6. The summed E-state index contributed by atoms with van der Waals surface area (Å²) in [5, 5.41) is 2.54. The van der Waals surface area contributed by atoms with Crippen LogP contribution in [0.2, 0.25) is 0 Å². The van der Waals surface area contributed by atoms with Crippen molar-refractivity contribution in [2.75, 3.05) is 4.90 Å². The van der Waals surface area contributed by atoms with Crippen LogP contribution in [-0.2, 0) is 6.42 Å². The standard InChI is InChI=1S/C55H38N2/c1-2-12-38(13-3-1)40-26-30-45(31-27-40)56(47-34-35-49-44(37-47)36-43-14-4-5-15-48(43)49)46-32-28-41(29-33-46)39-22-24-42(25-23-39)50-16-6-9-19-53(50)57-54-20-10-7-17-51(54)52-18-8-11-21-55(52)57/h1-35,37H,36H2. The summed E-state index contributed by atoms with van der Waals surface area (Å²) < 4.78 is 2.41. The summed E-state index contributed by atoms with van der Waals surface area (Å²) in [6, 6.07) is 79.5. The zero-order chi connectivity index (χ0) is 37.7. The molecule has 0 fully saturated rings. The molecule has 10 aromatic rings. The van der Waals surface area contributed by atoms with Crippen LogP contribution in [0.1, 0.15) is 11.1 Å². The minimum absolute atomic E-state index is 0.957. The van der Waals surface area contributed by atoms with Gasteiger partial charge in [-0.1, -0.05) is 164 Å². The van der Waals surface area contributed by atoms with E-state index in [0.29, 0.717) is 0 Å². The number of para-hydroxylation sites is 3. The molecule has 11 rings (SSSR count). The average Bonchev–Trinajstić information content (AvgIpc) is 3.83. The van der Waals surface area contributed by atoms with Gasteiger partial charge in [0.25, 0.3) is 0 Å². The predicted molar refractivity (Wildman–Crippen MR) is 240 cm³/mol. The van der Waals surface area contributed by atoms with Crippen molar-refractivity contribution in [1.82, 2.24) is 4.57 Å². The molecule has 0 saturated carbocycles. The van der Waals surface area contributed by atoms with Crippen molar-refractivity contribution in [3.05, 3.63) is 230 Å². The van der Waals surface area contributed by atoms with E-state index in [1.165, 1.54) is 83.1 Å². The van der Waals surface area contributed by atoms with Crippen molar-refractivity contribution in [1.29, 1.82) is 0 Å². The monoisotopic (exact) mass is 726 g/mol. The van der Waals surface area contributed by atoms with Crippen molar-refractivity contribution in [2.24, 2.45) is 0 Å². The van der Waals surface area contributed by atoms with Gasteiger partial charge in [0, 0.05) is 33.4 Å². The SMILES string of the molecule is c1ccc(-c2ccc(N(c3ccc(-c4ccc(-c5ccccc5-n5c6ccccc6c6ccccc65)cc4)cc3)c3ccc4c(c3)Cc3ccccc3-4)cc2)cc1. The Bertz CT molecular complexity index is 3010. The maximum Gasteiger partial charge on any atom is 0.0541 e. The Morgan fingerprint density at radius 3 is 1.42 bits per heavy atom. The molecule has 0 bridgehead atoms. The summed E-state index contributed by atoms with van der Waals surface area (Å²) in [6.07, 6.45) is 0.957. The van der Waals surface area contributed by atoms with Crippen molar-refractivity contribution in [2.45, 2.75) is 6.42 Å². The van der Waals surface area contributed by atoms with E-state index < -0.39 is 0 Å². The number of nitrogens with zero attached hydrogens (tertiary/aromatic N) is 2. The van der Waals surface area contributed by atoms with Crippen LogP contribution < -0.4 is 4.90 Å². The minimum Gasteiger partial charge on any atom is -0.310 e. The van der Waals surface area contributed by atoms with Gasteiger partial charge in [-0.05, 0) is 111 Å². The highest BCUT2D eigenvalue weighted by atomic mass is 15.1. The van der Waals surface area contributed by atoms with E-state index in [1.807, 2.05) is 0 Å². The van der Waals surface area contributed by atoms with Crippen LogP contribution >= 0.6 is 0 Å². The highest BCUT2D eigenvalue weighted by Crippen LogP contribution is 2.43. The number of hydrogen-bond acceptors (Lipinski definition) is 1. The smallest absolute Gasteiger partial charge is 0.0541 e. The quantitative estimate of drug-likeness (QED) is 0.159. The lowest BCUT2D eigenvalue weighted by Crippen LogP contribution is -2.10. The van der Waals surface area contributed by atoms with E-state index in [9.17, 15) is 0 Å². The Kier molecular flexibility index (Phi) is 7.93. The van der Waals surface area contributed by atoms with Crippen LogP contribution in [0.25, 0.3) is 72.0 Å². The van der Waals surface area contributed by atoms with Crippen molar-refractivity contribution >= 4 is 38.9 Å². The van der Waals surface area contributed by atoms with Gasteiger partial charge in [-0.3, -0.25) is 0 Å². The van der Waals surface area contributed by atoms with Crippen molar-refractivity contribution in [3.8, 4) is 50.2 Å². The van der Waals surface area contributed by atoms with E-state index in [1.54, 1.807) is 0 Å². The first kappa shape index (κ1) is 33.0. The highest BCUT2D eigenvalue weighted by Gasteiger charge is 2.21. The molecule has 0 radical (unpaired) electrons. The minimum atomic E-state index is 0.957. The molecule has 0 spiro atoms. The van der Waals surface area contributed by atoms with Crippen molar-refractivity contribution in [3.63, 3.8) is 0 Å². The molecule has 268 valence electrons. The maximum atomic E-state index is 2.41. The Morgan fingerprint density at radius 1 is 0.316 bits per heavy atom. The fraction of sp³-hybridized carbons (Fsp3) is 0.0182. The van der Waals surface area contributed by atoms with Crippen LogP contribution in [0.5, 0.6) is 0 Å². The first-order chi connectivity index (χ1) is 28.3. The van der Waals surface area contributed by atoms with Gasteiger partial charge in [0.2, 0.25) is 0 Å². The summed E-state index contributed by atoms with van der Waals surface area (Å²) in [5.74, 6) is 0. The van der Waals surface area contributed by atoms with Gasteiger partial charge in [0.1, 0.15) is 0 Å². The molecule has 2 heteroatoms. The fourth-order valence-corrected chi connectivity index (χ4v) is 8.89. The zero-order valence-electron chi connectivity index (χ0n) is 31.4. The third-order valence-corrected chi connectivity index (χ3v) is 11.6. The van der Waals surface area contributed by atoms with E-state index in [2.05, 4.69) is 228 Å². The molecule has 1 aromatic heterocycles. The molecule has 1 aliphatic carbocycles. The normalized spacial score (nSPS) is 11.8. The molecule has 1 aliphatic rings. The zero-order valence-corrected chi connectivity index (χ0v) is 31.4. The average molecular weight is 727 g/mol. The first-order valence-electron chi connectivity index (χ1n) is 19.7. The number of aromatic nitrogens is 1. The number of rotatable bonds is 7. The number of benzene rings is 9. The Labute approximate surface area is 333 Å². The molecule has 2 nitrogen and oxygen atoms in total. The molecule has 0 unspecified atom stereocenters. The van der Waals surface area contributed by atoms with Crippen LogP contribution in [0, 0.1) is 0 Å². The second kappa shape index (κ2) is 13.7. The second-order valence-electron chi connectivity index (χ2n) is 14.9. The molecule has 0 aliphatic heterocycles. The largest absolute Gasteiger partial charge is 0.310 e. The van der Waals surface area contributed by atoms with Gasteiger partial charge in [-0.15, -0.1) is 0 Å². The topological polar surface area (TPSA) is 8.17 Å². The molecule has 0 N–H and O–H groups in total. The molecular formula is C55H38N2. The van der Waals surface area contributed by atoms with E-state index in [4.69, 9.17) is 0 Å². The molecule has 0 saturated heterocycles. The fourth-order valence-electron chi connectivity index (χ4n) is 8.89. The molecule has 0 atom stereocenters. The number of anilines is 3. The Morgan fingerprint density at radius 2 is 0.772 bits per heavy atom. The van der Waals surface area contributed by atoms with E-state index >= 15 is 0 Å². The summed E-state index contributed by atoms with van der Waals surface area (Å²) in [4.78, 5) is 2.39. The van der Waals surface area contributed by atoms with E-state index in [0.717, 1.165) is 23.5 Å². The lowest BCUT2D eigenvalue weighted by atomic mass is 9.98. The van der Waals surface area contributed by atoms with Gasteiger partial charge in [0.15, 0.2) is 0 Å². The summed E-state index contributed by atoms with van der Waals surface area (Å²) in [7, 11) is 0. The van der Waals surface area contributed by atoms with Crippen LogP contribution in [0.4, 0.5) is 17.1 Å². The summed E-state index contributed by atoms with van der Waals surface area (Å²) >= 11 is 0. The summed E-state index contributed by atoms with van der Waals surface area (Å²) in [5.41, 5.74) is 19.7. The molecule has 9 aromatic carbocycles. The highest BCUT2D eigenvalue weighted by molar-refractivity contribution is 6.09.